The molecule has 1 fully saturated rings. The fourth-order valence-electron chi connectivity index (χ4n) is 2.83. The van der Waals surface area contributed by atoms with Crippen molar-refractivity contribution in [1.82, 2.24) is 15.3 Å². The van der Waals surface area contributed by atoms with Gasteiger partial charge < -0.3 is 10.1 Å². The van der Waals surface area contributed by atoms with Gasteiger partial charge in [0.2, 0.25) is 0 Å². The van der Waals surface area contributed by atoms with Crippen molar-refractivity contribution >= 4 is 12.4 Å². The zero-order chi connectivity index (χ0) is 14.7. The van der Waals surface area contributed by atoms with Crippen LogP contribution in [0.3, 0.4) is 0 Å². The van der Waals surface area contributed by atoms with E-state index >= 15 is 0 Å². The molecule has 5 heteroatoms. The zero-order valence-electron chi connectivity index (χ0n) is 13.0. The number of halogens is 1. The van der Waals surface area contributed by atoms with Crippen LogP contribution < -0.4 is 10.1 Å². The third kappa shape index (κ3) is 3.76. The molecule has 1 saturated heterocycles. The van der Waals surface area contributed by atoms with Crippen LogP contribution >= 0.6 is 12.4 Å². The quantitative estimate of drug-likeness (QED) is 0.942. The summed E-state index contributed by atoms with van der Waals surface area (Å²) < 4.78 is 5.21. The van der Waals surface area contributed by atoms with Crippen LogP contribution in [0.4, 0.5) is 0 Å². The first-order chi connectivity index (χ1) is 10.3. The van der Waals surface area contributed by atoms with Crippen molar-refractivity contribution in [3.63, 3.8) is 0 Å². The smallest absolute Gasteiger partial charge is 0.126 e. The molecule has 0 atom stereocenters. The Balaban J connectivity index is 0.00000176. The zero-order valence-corrected chi connectivity index (χ0v) is 13.8. The maximum atomic E-state index is 5.21. The summed E-state index contributed by atoms with van der Waals surface area (Å²) in [5, 5.41) is 3.40. The van der Waals surface area contributed by atoms with Gasteiger partial charge in [0.05, 0.1) is 12.8 Å². The molecule has 1 N–H and O–H groups in total. The summed E-state index contributed by atoms with van der Waals surface area (Å²) in [5.41, 5.74) is 3.28. The predicted octanol–water partition coefficient (Wildman–Crippen LogP) is 3.35. The van der Waals surface area contributed by atoms with Crippen molar-refractivity contribution in [2.45, 2.75) is 25.7 Å². The number of ether oxygens (including phenoxy) is 1. The summed E-state index contributed by atoms with van der Waals surface area (Å²) in [5.74, 6) is 2.25. The van der Waals surface area contributed by atoms with E-state index in [2.05, 4.69) is 21.4 Å². The molecule has 4 nitrogen and oxygen atoms in total. The molecule has 0 unspecified atom stereocenters. The first-order valence-electron chi connectivity index (χ1n) is 7.47. The number of rotatable bonds is 3. The minimum atomic E-state index is 0. The normalized spacial score (nSPS) is 15.2. The van der Waals surface area contributed by atoms with Crippen LogP contribution in [0.5, 0.6) is 5.75 Å². The van der Waals surface area contributed by atoms with Gasteiger partial charge in [-0.3, -0.25) is 0 Å². The lowest BCUT2D eigenvalue weighted by molar-refractivity contribution is 0.415. The first-order valence-corrected chi connectivity index (χ1v) is 7.47. The van der Waals surface area contributed by atoms with Gasteiger partial charge in [-0.2, -0.15) is 0 Å². The van der Waals surface area contributed by atoms with E-state index < -0.39 is 0 Å². The maximum Gasteiger partial charge on any atom is 0.126 e. The number of aromatic nitrogens is 2. The molecule has 0 aliphatic carbocycles. The molecule has 0 spiro atoms. The van der Waals surface area contributed by atoms with E-state index in [1.807, 2.05) is 31.2 Å². The number of methoxy groups -OCH3 is 1. The van der Waals surface area contributed by atoms with Gasteiger partial charge in [-0.05, 0) is 63.2 Å². The van der Waals surface area contributed by atoms with Crippen LogP contribution in [-0.2, 0) is 0 Å². The number of nitrogens with one attached hydrogen (secondary N) is 1. The molecule has 3 rings (SSSR count). The van der Waals surface area contributed by atoms with Gasteiger partial charge in [0.25, 0.3) is 0 Å². The van der Waals surface area contributed by atoms with Crippen LogP contribution in [0.2, 0.25) is 0 Å². The van der Waals surface area contributed by atoms with Crippen LogP contribution in [0, 0.1) is 6.92 Å². The Kier molecular flexibility index (Phi) is 5.75. The van der Waals surface area contributed by atoms with Gasteiger partial charge in [0, 0.05) is 17.2 Å². The van der Waals surface area contributed by atoms with Gasteiger partial charge in [-0.1, -0.05) is 0 Å². The molecule has 1 aliphatic rings. The topological polar surface area (TPSA) is 47.0 Å². The highest BCUT2D eigenvalue weighted by Gasteiger charge is 2.18. The molecule has 1 aliphatic heterocycles. The summed E-state index contributed by atoms with van der Waals surface area (Å²) >= 11 is 0. The van der Waals surface area contributed by atoms with Crippen molar-refractivity contribution in [2.75, 3.05) is 20.2 Å². The third-order valence-corrected chi connectivity index (χ3v) is 4.00. The van der Waals surface area contributed by atoms with Gasteiger partial charge in [0.1, 0.15) is 11.6 Å². The van der Waals surface area contributed by atoms with E-state index in [9.17, 15) is 0 Å². The number of benzene rings is 1. The van der Waals surface area contributed by atoms with Gasteiger partial charge >= 0.3 is 0 Å². The molecule has 0 saturated carbocycles. The van der Waals surface area contributed by atoms with Crippen LogP contribution in [0.25, 0.3) is 11.3 Å². The van der Waals surface area contributed by atoms with Crippen molar-refractivity contribution in [2.24, 2.45) is 0 Å². The van der Waals surface area contributed by atoms with E-state index in [0.29, 0.717) is 5.92 Å². The minimum absolute atomic E-state index is 0. The monoisotopic (exact) mass is 319 g/mol. The van der Waals surface area contributed by atoms with Crippen LogP contribution in [0.1, 0.15) is 30.3 Å². The van der Waals surface area contributed by atoms with Crippen molar-refractivity contribution in [3.05, 3.63) is 41.9 Å². The van der Waals surface area contributed by atoms with Crippen molar-refractivity contribution in [1.29, 1.82) is 0 Å². The molecule has 118 valence electrons. The Morgan fingerprint density at radius 1 is 1.09 bits per heavy atom. The van der Waals surface area contributed by atoms with Crippen LogP contribution in [0.15, 0.2) is 30.3 Å². The lowest BCUT2D eigenvalue weighted by Crippen LogP contribution is -2.27. The highest BCUT2D eigenvalue weighted by Crippen LogP contribution is 2.27. The molecule has 0 radical (unpaired) electrons. The molecular weight excluding hydrogens is 298 g/mol. The molecule has 1 aromatic carbocycles. The Morgan fingerprint density at radius 3 is 2.41 bits per heavy atom. The lowest BCUT2D eigenvalue weighted by atomic mass is 9.93. The number of hydrogen-bond acceptors (Lipinski definition) is 4. The van der Waals surface area contributed by atoms with Crippen molar-refractivity contribution < 1.29 is 4.74 Å². The average molecular weight is 320 g/mol. The molecule has 0 amide bonds. The van der Waals surface area contributed by atoms with Gasteiger partial charge in [-0.15, -0.1) is 12.4 Å². The highest BCUT2D eigenvalue weighted by atomic mass is 35.5. The number of nitrogens with zero attached hydrogens (tertiary/aromatic N) is 2. The second-order valence-corrected chi connectivity index (χ2v) is 5.48. The molecule has 22 heavy (non-hydrogen) atoms. The maximum absolute atomic E-state index is 5.21. The fraction of sp³-hybridized carbons (Fsp3) is 0.412. The number of hydrogen-bond donors (Lipinski definition) is 1. The SMILES string of the molecule is COc1ccc(-c2cc(C3CCNCC3)nc(C)n2)cc1.Cl. The third-order valence-electron chi connectivity index (χ3n) is 4.00. The van der Waals surface area contributed by atoms with E-state index in [4.69, 9.17) is 4.74 Å². The Labute approximate surface area is 137 Å². The second-order valence-electron chi connectivity index (χ2n) is 5.48. The molecule has 1 aromatic heterocycles. The number of aryl methyl sites for hydroxylation is 1. The summed E-state index contributed by atoms with van der Waals surface area (Å²) in [7, 11) is 1.68. The van der Waals surface area contributed by atoms with Crippen molar-refractivity contribution in [3.8, 4) is 17.0 Å². The predicted molar refractivity (Wildman–Crippen MR) is 90.8 cm³/mol. The summed E-state index contributed by atoms with van der Waals surface area (Å²) in [4.78, 5) is 9.24. The fourth-order valence-corrected chi connectivity index (χ4v) is 2.83. The van der Waals surface area contributed by atoms with Gasteiger partial charge in [-0.25, -0.2) is 9.97 Å². The minimum Gasteiger partial charge on any atom is -0.497 e. The molecule has 0 bridgehead atoms. The Hall–Kier alpha value is -1.65. The average Bonchev–Trinajstić information content (AvgIpc) is 2.55. The summed E-state index contributed by atoms with van der Waals surface area (Å²) in [6.45, 7) is 4.12. The molecular formula is C17H22ClN3O. The lowest BCUT2D eigenvalue weighted by Gasteiger charge is -2.22. The number of piperidine rings is 1. The van der Waals surface area contributed by atoms with E-state index in [1.165, 1.54) is 5.69 Å². The Bertz CT molecular complexity index is 610. The second kappa shape index (κ2) is 7.56. The van der Waals surface area contributed by atoms with E-state index in [0.717, 1.165) is 48.8 Å². The van der Waals surface area contributed by atoms with Crippen LogP contribution in [-0.4, -0.2) is 30.2 Å². The van der Waals surface area contributed by atoms with Gasteiger partial charge in [0.15, 0.2) is 0 Å². The standard InChI is InChI=1S/C17H21N3O.ClH/c1-12-19-16(13-3-5-15(21-2)6-4-13)11-17(20-12)14-7-9-18-10-8-14;/h3-6,11,14,18H,7-10H2,1-2H3;1H. The largest absolute Gasteiger partial charge is 0.497 e. The van der Waals surface area contributed by atoms with E-state index in [-0.39, 0.29) is 12.4 Å². The summed E-state index contributed by atoms with van der Waals surface area (Å²) in [6, 6.07) is 10.2. The van der Waals surface area contributed by atoms with E-state index in [1.54, 1.807) is 7.11 Å². The molecule has 2 aromatic rings. The Morgan fingerprint density at radius 2 is 1.77 bits per heavy atom. The summed E-state index contributed by atoms with van der Waals surface area (Å²) in [6.07, 6.45) is 2.30. The molecule has 2 heterocycles. The first kappa shape index (κ1) is 16.7. The highest BCUT2D eigenvalue weighted by molar-refractivity contribution is 5.85.